The molecular formula is C19H26N4O4. The van der Waals surface area contributed by atoms with Gasteiger partial charge in [-0.1, -0.05) is 6.42 Å². The monoisotopic (exact) mass is 374 g/mol. The minimum absolute atomic E-state index is 0.0117. The molecule has 2 aliphatic heterocycles. The topological polar surface area (TPSA) is 84.8 Å². The Balaban J connectivity index is 1.40. The summed E-state index contributed by atoms with van der Waals surface area (Å²) in [4.78, 5) is 16.5. The number of nitrogens with zero attached hydrogens (tertiary/aromatic N) is 4. The zero-order valence-corrected chi connectivity index (χ0v) is 15.7. The van der Waals surface area contributed by atoms with E-state index >= 15 is 0 Å². The number of carbonyl (C=O) groups excluding carboxylic acids is 1. The number of likely N-dealkylation sites (tertiary alicyclic amines) is 1. The molecule has 2 aromatic rings. The Morgan fingerprint density at radius 2 is 2.15 bits per heavy atom. The zero-order chi connectivity index (χ0) is 18.6. The van der Waals surface area contributed by atoms with Crippen LogP contribution in [-0.4, -0.2) is 52.6 Å². The van der Waals surface area contributed by atoms with Gasteiger partial charge in [0.1, 0.15) is 11.9 Å². The van der Waals surface area contributed by atoms with E-state index in [0.29, 0.717) is 24.9 Å². The lowest BCUT2D eigenvalue weighted by atomic mass is 10.0. The maximum Gasteiger partial charge on any atom is 0.245 e. The first-order chi connectivity index (χ1) is 13.2. The summed E-state index contributed by atoms with van der Waals surface area (Å²) < 4.78 is 16.9. The molecule has 0 radical (unpaired) electrons. The first-order valence-corrected chi connectivity index (χ1v) is 9.66. The van der Waals surface area contributed by atoms with Gasteiger partial charge in [-0.15, -0.1) is 10.2 Å². The number of carbonyl (C=O) groups is 1. The van der Waals surface area contributed by atoms with Crippen molar-refractivity contribution in [3.8, 4) is 0 Å². The molecule has 2 saturated heterocycles. The van der Waals surface area contributed by atoms with Crippen LogP contribution in [0, 0.1) is 0 Å². The lowest BCUT2D eigenvalue weighted by Gasteiger charge is -2.33. The normalized spacial score (nSPS) is 23.6. The highest BCUT2D eigenvalue weighted by molar-refractivity contribution is 5.78. The molecule has 4 rings (SSSR count). The summed E-state index contributed by atoms with van der Waals surface area (Å²) in [5.74, 6) is 1.99. The Morgan fingerprint density at radius 1 is 1.26 bits per heavy atom. The van der Waals surface area contributed by atoms with Gasteiger partial charge in [-0.2, -0.15) is 0 Å². The van der Waals surface area contributed by atoms with Crippen molar-refractivity contribution in [3.63, 3.8) is 0 Å². The molecule has 2 atom stereocenters. The molecule has 2 aliphatic rings. The summed E-state index contributed by atoms with van der Waals surface area (Å²) in [7, 11) is 1.80. The molecule has 1 amide bonds. The summed E-state index contributed by atoms with van der Waals surface area (Å²) in [6.45, 7) is 2.39. The second kappa shape index (κ2) is 8.22. The van der Waals surface area contributed by atoms with Gasteiger partial charge < -0.3 is 18.5 Å². The molecule has 0 aliphatic carbocycles. The van der Waals surface area contributed by atoms with Gasteiger partial charge >= 0.3 is 0 Å². The number of ether oxygens (including phenoxy) is 1. The molecular weight excluding hydrogens is 348 g/mol. The minimum Gasteiger partial charge on any atom is -0.467 e. The molecule has 0 aromatic carbocycles. The van der Waals surface area contributed by atoms with Gasteiger partial charge in [0.25, 0.3) is 0 Å². The smallest absolute Gasteiger partial charge is 0.245 e. The number of piperidine rings is 1. The van der Waals surface area contributed by atoms with E-state index in [9.17, 15) is 4.79 Å². The predicted molar refractivity (Wildman–Crippen MR) is 95.6 cm³/mol. The third-order valence-electron chi connectivity index (χ3n) is 5.30. The van der Waals surface area contributed by atoms with Gasteiger partial charge in [0.2, 0.25) is 17.7 Å². The number of rotatable bonds is 6. The molecule has 8 nitrogen and oxygen atoms in total. The number of aromatic nitrogens is 2. The van der Waals surface area contributed by atoms with Gasteiger partial charge in [-0.3, -0.25) is 9.69 Å². The van der Waals surface area contributed by atoms with Crippen LogP contribution in [0.5, 0.6) is 0 Å². The van der Waals surface area contributed by atoms with E-state index in [0.717, 1.165) is 51.0 Å². The zero-order valence-electron chi connectivity index (χ0n) is 15.7. The van der Waals surface area contributed by atoms with Gasteiger partial charge in [0.05, 0.1) is 25.4 Å². The third-order valence-corrected chi connectivity index (χ3v) is 5.30. The van der Waals surface area contributed by atoms with Crippen LogP contribution in [0.25, 0.3) is 0 Å². The summed E-state index contributed by atoms with van der Waals surface area (Å²) in [6.07, 6.45) is 6.57. The molecule has 27 heavy (non-hydrogen) atoms. The van der Waals surface area contributed by atoms with Crippen LogP contribution in [0.4, 0.5) is 0 Å². The Hall–Kier alpha value is -2.19. The molecule has 0 spiro atoms. The standard InChI is InChI=1S/C19H26N4O4/c1-22(12-14-6-4-10-25-14)17(24)13-23-9-3-2-7-15(23)18-20-21-19(27-18)16-8-5-11-26-16/h4,6,10,15-16H,2-3,5,7-9,11-13H2,1H3/t15-,16-/m1/s1. The van der Waals surface area contributed by atoms with Crippen molar-refractivity contribution in [3.05, 3.63) is 35.9 Å². The van der Waals surface area contributed by atoms with Gasteiger partial charge in [0, 0.05) is 13.7 Å². The fourth-order valence-corrected chi connectivity index (χ4v) is 3.76. The van der Waals surface area contributed by atoms with Crippen LogP contribution < -0.4 is 0 Å². The van der Waals surface area contributed by atoms with Crippen molar-refractivity contribution in [2.24, 2.45) is 0 Å². The van der Waals surface area contributed by atoms with E-state index in [1.807, 2.05) is 12.1 Å². The maximum atomic E-state index is 12.7. The molecule has 0 unspecified atom stereocenters. The van der Waals surface area contributed by atoms with Crippen molar-refractivity contribution < 1.29 is 18.4 Å². The van der Waals surface area contributed by atoms with Crippen LogP contribution in [0.2, 0.25) is 0 Å². The lowest BCUT2D eigenvalue weighted by Crippen LogP contribution is -2.42. The molecule has 4 heterocycles. The number of amides is 1. The summed E-state index contributed by atoms with van der Waals surface area (Å²) in [6, 6.07) is 3.69. The molecule has 2 fully saturated rings. The summed E-state index contributed by atoms with van der Waals surface area (Å²) in [5, 5.41) is 8.47. The highest BCUT2D eigenvalue weighted by atomic mass is 16.5. The van der Waals surface area contributed by atoms with Gasteiger partial charge in [-0.25, -0.2) is 0 Å². The fourth-order valence-electron chi connectivity index (χ4n) is 3.76. The first-order valence-electron chi connectivity index (χ1n) is 9.66. The average molecular weight is 374 g/mol. The molecule has 146 valence electrons. The van der Waals surface area contributed by atoms with Crippen molar-refractivity contribution in [2.75, 3.05) is 26.7 Å². The SMILES string of the molecule is CN(Cc1ccco1)C(=O)CN1CCCC[C@@H]1c1nnc([C@H]2CCCO2)o1. The Kier molecular flexibility index (Phi) is 5.54. The van der Waals surface area contributed by atoms with E-state index in [2.05, 4.69) is 15.1 Å². The van der Waals surface area contributed by atoms with E-state index in [1.165, 1.54) is 0 Å². The number of hydrogen-bond donors (Lipinski definition) is 0. The first kappa shape index (κ1) is 18.2. The third kappa shape index (κ3) is 4.22. The molecule has 2 aromatic heterocycles. The van der Waals surface area contributed by atoms with Crippen LogP contribution in [0.1, 0.15) is 61.8 Å². The molecule has 0 bridgehead atoms. The fraction of sp³-hybridized carbons (Fsp3) is 0.632. The number of likely N-dealkylation sites (N-methyl/N-ethyl adjacent to an activating group) is 1. The van der Waals surface area contributed by atoms with Crippen molar-refractivity contribution in [1.29, 1.82) is 0 Å². The predicted octanol–water partition coefficient (Wildman–Crippen LogP) is 2.70. The lowest BCUT2D eigenvalue weighted by molar-refractivity contribution is -0.133. The van der Waals surface area contributed by atoms with Gasteiger partial charge in [0.15, 0.2) is 0 Å². The maximum absolute atomic E-state index is 12.7. The van der Waals surface area contributed by atoms with Crippen molar-refractivity contribution in [2.45, 2.75) is 50.8 Å². The largest absolute Gasteiger partial charge is 0.467 e. The Morgan fingerprint density at radius 3 is 2.93 bits per heavy atom. The average Bonchev–Trinajstić information content (AvgIpc) is 3.43. The number of hydrogen-bond acceptors (Lipinski definition) is 7. The number of furan rings is 1. The Labute approximate surface area is 158 Å². The van der Waals surface area contributed by atoms with Crippen LogP contribution >= 0.6 is 0 Å². The van der Waals surface area contributed by atoms with Gasteiger partial charge in [-0.05, 0) is 44.4 Å². The van der Waals surface area contributed by atoms with E-state index < -0.39 is 0 Å². The highest BCUT2D eigenvalue weighted by Gasteiger charge is 2.32. The second-order valence-electron chi connectivity index (χ2n) is 7.29. The summed E-state index contributed by atoms with van der Waals surface area (Å²) in [5.41, 5.74) is 0. The molecule has 8 heteroatoms. The second-order valence-corrected chi connectivity index (χ2v) is 7.29. The van der Waals surface area contributed by atoms with Crippen LogP contribution in [0.3, 0.4) is 0 Å². The van der Waals surface area contributed by atoms with Crippen molar-refractivity contribution in [1.82, 2.24) is 20.0 Å². The van der Waals surface area contributed by atoms with Crippen LogP contribution in [0.15, 0.2) is 27.2 Å². The molecule has 0 N–H and O–H groups in total. The quantitative estimate of drug-likeness (QED) is 0.768. The summed E-state index contributed by atoms with van der Waals surface area (Å²) >= 11 is 0. The highest BCUT2D eigenvalue weighted by Crippen LogP contribution is 2.33. The molecule has 0 saturated carbocycles. The Bertz CT molecular complexity index is 739. The minimum atomic E-state index is -0.0793. The van der Waals surface area contributed by atoms with E-state index in [1.54, 1.807) is 18.2 Å². The van der Waals surface area contributed by atoms with Crippen molar-refractivity contribution >= 4 is 5.91 Å². The van der Waals surface area contributed by atoms with Crippen LogP contribution in [-0.2, 0) is 16.1 Å². The van der Waals surface area contributed by atoms with E-state index in [-0.39, 0.29) is 18.1 Å². The van der Waals surface area contributed by atoms with E-state index in [4.69, 9.17) is 13.6 Å².